The molecule has 1 saturated heterocycles. The van der Waals surface area contributed by atoms with Crippen LogP contribution in [-0.2, 0) is 17.8 Å². The summed E-state index contributed by atoms with van der Waals surface area (Å²) in [5, 5.41) is 3.29. The van der Waals surface area contributed by atoms with Crippen molar-refractivity contribution < 1.29 is 4.79 Å². The molecule has 1 fully saturated rings. The minimum atomic E-state index is 0. The van der Waals surface area contributed by atoms with Crippen LogP contribution < -0.4 is 5.32 Å². The van der Waals surface area contributed by atoms with Crippen LogP contribution in [0.5, 0.6) is 0 Å². The highest BCUT2D eigenvalue weighted by Crippen LogP contribution is 2.27. The third-order valence-electron chi connectivity index (χ3n) is 3.88. The average molecular weight is 346 g/mol. The fraction of sp³-hybridized carbons (Fsp3) is 0.500. The highest BCUT2D eigenvalue weighted by molar-refractivity contribution is 9.10. The van der Waals surface area contributed by atoms with E-state index >= 15 is 0 Å². The zero-order valence-electron chi connectivity index (χ0n) is 10.7. The Balaban J connectivity index is 0.00000133. The maximum absolute atomic E-state index is 12.3. The van der Waals surface area contributed by atoms with Crippen molar-refractivity contribution in [3.8, 4) is 0 Å². The van der Waals surface area contributed by atoms with Crippen molar-refractivity contribution in [1.82, 2.24) is 10.2 Å². The third kappa shape index (κ3) is 2.96. The van der Waals surface area contributed by atoms with Gasteiger partial charge in [0.2, 0.25) is 5.91 Å². The van der Waals surface area contributed by atoms with Crippen molar-refractivity contribution in [3.63, 3.8) is 0 Å². The van der Waals surface area contributed by atoms with Gasteiger partial charge in [0.25, 0.3) is 0 Å². The molecule has 1 atom stereocenters. The lowest BCUT2D eigenvalue weighted by Gasteiger charge is -2.31. The third-order valence-corrected chi connectivity index (χ3v) is 4.62. The second-order valence-electron chi connectivity index (χ2n) is 5.04. The Bertz CT molecular complexity index is 475. The largest absolute Gasteiger partial charge is 0.337 e. The summed E-state index contributed by atoms with van der Waals surface area (Å²) in [6.45, 7) is 2.57. The van der Waals surface area contributed by atoms with Crippen molar-refractivity contribution >= 4 is 34.2 Å². The summed E-state index contributed by atoms with van der Waals surface area (Å²) in [5.74, 6) is 0.276. The van der Waals surface area contributed by atoms with Gasteiger partial charge < -0.3 is 10.2 Å². The molecule has 5 heteroatoms. The van der Waals surface area contributed by atoms with Gasteiger partial charge in [-0.1, -0.05) is 28.1 Å². The van der Waals surface area contributed by atoms with E-state index in [0.717, 1.165) is 38.9 Å². The van der Waals surface area contributed by atoms with E-state index in [1.807, 2.05) is 11.0 Å². The Morgan fingerprint density at radius 2 is 2.26 bits per heavy atom. The Morgan fingerprint density at radius 3 is 3.00 bits per heavy atom. The highest BCUT2D eigenvalue weighted by atomic mass is 79.9. The highest BCUT2D eigenvalue weighted by Gasteiger charge is 2.29. The molecule has 2 aliphatic heterocycles. The first-order valence-corrected chi connectivity index (χ1v) is 7.33. The average Bonchev–Trinajstić information content (AvgIpc) is 2.91. The second-order valence-corrected chi connectivity index (χ2v) is 5.89. The minimum absolute atomic E-state index is 0. The van der Waals surface area contributed by atoms with Crippen molar-refractivity contribution in [2.45, 2.75) is 31.8 Å². The molecule has 0 aliphatic carbocycles. The molecule has 2 heterocycles. The number of hydrogen-bond donors (Lipinski definition) is 1. The first kappa shape index (κ1) is 14.8. The number of nitrogens with one attached hydrogen (secondary N) is 1. The lowest BCUT2D eigenvalue weighted by Crippen LogP contribution is -2.45. The molecule has 0 radical (unpaired) electrons. The number of carbonyl (C=O) groups excluding carboxylic acids is 1. The molecule has 104 valence electrons. The van der Waals surface area contributed by atoms with Crippen LogP contribution in [0.1, 0.15) is 24.0 Å². The summed E-state index contributed by atoms with van der Waals surface area (Å²) in [4.78, 5) is 14.3. The van der Waals surface area contributed by atoms with E-state index in [4.69, 9.17) is 0 Å². The molecule has 3 rings (SSSR count). The molecule has 2 aliphatic rings. The number of benzene rings is 1. The Hall–Kier alpha value is -0.580. The van der Waals surface area contributed by atoms with Gasteiger partial charge in [-0.15, -0.1) is 12.4 Å². The molecule has 0 aromatic heterocycles. The van der Waals surface area contributed by atoms with Crippen molar-refractivity contribution in [3.05, 3.63) is 33.8 Å². The van der Waals surface area contributed by atoms with Crippen LogP contribution in [0.15, 0.2) is 22.7 Å². The summed E-state index contributed by atoms with van der Waals surface area (Å²) in [6, 6.07) is 6.31. The van der Waals surface area contributed by atoms with Crippen LogP contribution in [0.2, 0.25) is 0 Å². The van der Waals surface area contributed by atoms with Gasteiger partial charge >= 0.3 is 0 Å². The van der Waals surface area contributed by atoms with Gasteiger partial charge in [0.05, 0.1) is 6.04 Å². The summed E-state index contributed by atoms with van der Waals surface area (Å²) in [6.07, 6.45) is 3.06. The predicted molar refractivity (Wildman–Crippen MR) is 81.5 cm³/mol. The van der Waals surface area contributed by atoms with Crippen molar-refractivity contribution in [2.75, 3.05) is 13.1 Å². The van der Waals surface area contributed by atoms with Crippen LogP contribution in [0.25, 0.3) is 0 Å². The fourth-order valence-corrected chi connectivity index (χ4v) is 3.47. The number of nitrogens with zero attached hydrogens (tertiary/aromatic N) is 1. The minimum Gasteiger partial charge on any atom is -0.337 e. The smallest absolute Gasteiger partial charge is 0.240 e. The Morgan fingerprint density at radius 1 is 1.42 bits per heavy atom. The fourth-order valence-electron chi connectivity index (χ4n) is 2.87. The van der Waals surface area contributed by atoms with Crippen molar-refractivity contribution in [2.24, 2.45) is 0 Å². The molecular weight excluding hydrogens is 328 g/mol. The Kier molecular flexibility index (Phi) is 4.87. The van der Waals surface area contributed by atoms with Gasteiger partial charge in [-0.05, 0) is 43.0 Å². The van der Waals surface area contributed by atoms with Gasteiger partial charge in [-0.25, -0.2) is 0 Å². The van der Waals surface area contributed by atoms with E-state index in [0.29, 0.717) is 0 Å². The lowest BCUT2D eigenvalue weighted by molar-refractivity contribution is -0.134. The van der Waals surface area contributed by atoms with Crippen LogP contribution in [-0.4, -0.2) is 29.9 Å². The topological polar surface area (TPSA) is 32.3 Å². The predicted octanol–water partition coefficient (Wildman–Crippen LogP) is 2.51. The number of rotatable bonds is 1. The number of halogens is 2. The molecule has 3 nitrogen and oxygen atoms in total. The standard InChI is InChI=1S/C14H17BrN2O.ClH/c15-12-4-1-3-10-9-17(8-6-11(10)12)14(18)13-5-2-7-16-13;/h1,3-4,13,16H,2,5-9H2;1H. The zero-order chi connectivity index (χ0) is 12.5. The molecule has 0 spiro atoms. The van der Waals surface area contributed by atoms with Gasteiger partial charge in [-0.2, -0.15) is 0 Å². The summed E-state index contributed by atoms with van der Waals surface area (Å²) in [5.41, 5.74) is 2.64. The molecular formula is C14H18BrClN2O. The van der Waals surface area contributed by atoms with E-state index in [2.05, 4.69) is 33.4 Å². The Labute approximate surface area is 128 Å². The van der Waals surface area contributed by atoms with E-state index in [1.54, 1.807) is 0 Å². The van der Waals surface area contributed by atoms with E-state index in [9.17, 15) is 4.79 Å². The normalized spacial score (nSPS) is 21.7. The van der Waals surface area contributed by atoms with Gasteiger partial charge in [-0.3, -0.25) is 4.79 Å². The van der Waals surface area contributed by atoms with Crippen LogP contribution in [0.4, 0.5) is 0 Å². The van der Waals surface area contributed by atoms with E-state index < -0.39 is 0 Å². The van der Waals surface area contributed by atoms with Gasteiger partial charge in [0.15, 0.2) is 0 Å². The lowest BCUT2D eigenvalue weighted by atomic mass is 9.99. The monoisotopic (exact) mass is 344 g/mol. The number of hydrogen-bond acceptors (Lipinski definition) is 2. The van der Waals surface area contributed by atoms with Crippen LogP contribution in [0, 0.1) is 0 Å². The molecule has 1 unspecified atom stereocenters. The van der Waals surface area contributed by atoms with Gasteiger partial charge in [0.1, 0.15) is 0 Å². The maximum atomic E-state index is 12.3. The number of carbonyl (C=O) groups is 1. The summed E-state index contributed by atoms with van der Waals surface area (Å²) < 4.78 is 1.17. The van der Waals surface area contributed by atoms with Crippen LogP contribution >= 0.6 is 28.3 Å². The van der Waals surface area contributed by atoms with Crippen molar-refractivity contribution in [1.29, 1.82) is 0 Å². The molecule has 1 aromatic carbocycles. The van der Waals surface area contributed by atoms with E-state index in [1.165, 1.54) is 15.6 Å². The first-order chi connectivity index (χ1) is 8.75. The SMILES string of the molecule is Cl.O=C(C1CCCN1)N1CCc2c(Br)cccc2C1. The summed E-state index contributed by atoms with van der Waals surface area (Å²) >= 11 is 3.59. The van der Waals surface area contributed by atoms with Crippen LogP contribution in [0.3, 0.4) is 0 Å². The zero-order valence-corrected chi connectivity index (χ0v) is 13.1. The molecule has 0 bridgehead atoms. The molecule has 1 N–H and O–H groups in total. The molecule has 19 heavy (non-hydrogen) atoms. The number of amides is 1. The molecule has 1 aromatic rings. The maximum Gasteiger partial charge on any atom is 0.240 e. The molecule has 1 amide bonds. The van der Waals surface area contributed by atoms with E-state index in [-0.39, 0.29) is 24.4 Å². The van der Waals surface area contributed by atoms with Gasteiger partial charge in [0, 0.05) is 17.6 Å². The first-order valence-electron chi connectivity index (χ1n) is 6.54. The summed E-state index contributed by atoms with van der Waals surface area (Å²) in [7, 11) is 0. The quantitative estimate of drug-likeness (QED) is 0.848. The number of fused-ring (bicyclic) bond motifs is 1. The second kappa shape index (κ2) is 6.25. The molecule has 0 saturated carbocycles.